The fourth-order valence-electron chi connectivity index (χ4n) is 1.09. The summed E-state index contributed by atoms with van der Waals surface area (Å²) >= 11 is 6.03. The Balaban J connectivity index is 2.98. The lowest BCUT2D eigenvalue weighted by Crippen LogP contribution is -2.23. The van der Waals surface area contributed by atoms with Crippen LogP contribution in [0.5, 0.6) is 5.75 Å². The molecular weight excluding hydrogens is 200 g/mol. The van der Waals surface area contributed by atoms with Crippen molar-refractivity contribution in [2.45, 2.75) is 33.0 Å². The third-order valence-corrected chi connectivity index (χ3v) is 2.06. The molecule has 3 heteroatoms. The van der Waals surface area contributed by atoms with Gasteiger partial charge in [-0.05, 0) is 32.4 Å². The number of rotatable bonds is 2. The minimum absolute atomic E-state index is 0.0693. The number of hydrogen-bond donors (Lipinski definition) is 1. The van der Waals surface area contributed by atoms with Crippen LogP contribution in [0.15, 0.2) is 18.2 Å². The van der Waals surface area contributed by atoms with Crippen molar-refractivity contribution < 1.29 is 9.84 Å². The fraction of sp³-hybridized carbons (Fsp3) is 0.455. The summed E-state index contributed by atoms with van der Waals surface area (Å²) in [6, 6.07) is 5.39. The molecule has 1 aromatic rings. The van der Waals surface area contributed by atoms with Gasteiger partial charge < -0.3 is 9.84 Å². The molecule has 0 unspecified atom stereocenters. The first-order chi connectivity index (χ1) is 6.44. The summed E-state index contributed by atoms with van der Waals surface area (Å²) in [6.45, 7) is 5.79. The van der Waals surface area contributed by atoms with Crippen molar-refractivity contribution in [3.63, 3.8) is 0 Å². The first kappa shape index (κ1) is 11.3. The molecule has 1 aromatic carbocycles. The summed E-state index contributed by atoms with van der Waals surface area (Å²) in [4.78, 5) is 0. The van der Waals surface area contributed by atoms with Crippen LogP contribution in [0.3, 0.4) is 0 Å². The van der Waals surface area contributed by atoms with Crippen LogP contribution in [0.4, 0.5) is 0 Å². The molecule has 0 amide bonds. The van der Waals surface area contributed by atoms with Gasteiger partial charge in [0, 0.05) is 0 Å². The molecule has 0 fully saturated rings. The number of ether oxygens (including phenoxy) is 1. The SMILES string of the molecule is CC(C)(C)Oc1cccc(CO)c1Cl. The smallest absolute Gasteiger partial charge is 0.139 e. The van der Waals surface area contributed by atoms with Crippen molar-refractivity contribution in [1.82, 2.24) is 0 Å². The Bertz CT molecular complexity index is 316. The molecule has 0 atom stereocenters. The summed E-state index contributed by atoms with van der Waals surface area (Å²) in [7, 11) is 0. The minimum Gasteiger partial charge on any atom is -0.487 e. The lowest BCUT2D eigenvalue weighted by atomic mass is 10.1. The van der Waals surface area contributed by atoms with E-state index < -0.39 is 0 Å². The largest absolute Gasteiger partial charge is 0.487 e. The summed E-state index contributed by atoms with van der Waals surface area (Å²) in [5.41, 5.74) is 0.408. The predicted molar refractivity (Wildman–Crippen MR) is 57.8 cm³/mol. The maximum absolute atomic E-state index is 9.00. The molecule has 0 aromatic heterocycles. The van der Waals surface area contributed by atoms with E-state index in [1.165, 1.54) is 0 Å². The Morgan fingerprint density at radius 1 is 1.36 bits per heavy atom. The zero-order valence-electron chi connectivity index (χ0n) is 8.67. The molecule has 0 aliphatic heterocycles. The topological polar surface area (TPSA) is 29.5 Å². The van der Waals surface area contributed by atoms with E-state index in [0.29, 0.717) is 16.3 Å². The average molecular weight is 215 g/mol. The van der Waals surface area contributed by atoms with Crippen molar-refractivity contribution in [3.8, 4) is 5.75 Å². The third-order valence-electron chi connectivity index (χ3n) is 1.63. The number of halogens is 1. The van der Waals surface area contributed by atoms with Crippen LogP contribution in [0.1, 0.15) is 26.3 Å². The first-order valence-corrected chi connectivity index (χ1v) is 4.89. The minimum atomic E-state index is -0.280. The van der Waals surface area contributed by atoms with E-state index in [1.807, 2.05) is 26.8 Å². The van der Waals surface area contributed by atoms with Gasteiger partial charge in [-0.2, -0.15) is 0 Å². The Hall–Kier alpha value is -0.730. The van der Waals surface area contributed by atoms with Gasteiger partial charge in [0.1, 0.15) is 11.4 Å². The van der Waals surface area contributed by atoms with E-state index in [1.54, 1.807) is 12.1 Å². The van der Waals surface area contributed by atoms with Gasteiger partial charge in [0.05, 0.1) is 11.6 Å². The first-order valence-electron chi connectivity index (χ1n) is 4.51. The fourth-order valence-corrected chi connectivity index (χ4v) is 1.31. The highest BCUT2D eigenvalue weighted by atomic mass is 35.5. The lowest BCUT2D eigenvalue weighted by molar-refractivity contribution is 0.130. The maximum atomic E-state index is 9.00. The van der Waals surface area contributed by atoms with Gasteiger partial charge in [0.15, 0.2) is 0 Å². The van der Waals surface area contributed by atoms with Gasteiger partial charge in [-0.25, -0.2) is 0 Å². The van der Waals surface area contributed by atoms with E-state index in [9.17, 15) is 0 Å². The van der Waals surface area contributed by atoms with Crippen molar-refractivity contribution in [2.24, 2.45) is 0 Å². The van der Waals surface area contributed by atoms with Crippen molar-refractivity contribution in [2.75, 3.05) is 0 Å². The van der Waals surface area contributed by atoms with Crippen LogP contribution < -0.4 is 4.74 Å². The maximum Gasteiger partial charge on any atom is 0.139 e. The normalized spacial score (nSPS) is 11.5. The van der Waals surface area contributed by atoms with E-state index in [2.05, 4.69) is 0 Å². The summed E-state index contributed by atoms with van der Waals surface area (Å²) in [6.07, 6.45) is 0. The standard InChI is InChI=1S/C11H15ClO2/c1-11(2,3)14-9-6-4-5-8(7-13)10(9)12/h4-6,13H,7H2,1-3H3. The number of hydrogen-bond acceptors (Lipinski definition) is 2. The molecule has 2 nitrogen and oxygen atoms in total. The summed E-state index contributed by atoms with van der Waals surface area (Å²) in [5.74, 6) is 0.616. The van der Waals surface area contributed by atoms with Gasteiger partial charge in [0.25, 0.3) is 0 Å². The van der Waals surface area contributed by atoms with Crippen molar-refractivity contribution in [3.05, 3.63) is 28.8 Å². The molecule has 0 radical (unpaired) electrons. The Morgan fingerprint density at radius 2 is 2.00 bits per heavy atom. The van der Waals surface area contributed by atoms with Crippen LogP contribution in [-0.4, -0.2) is 10.7 Å². The lowest BCUT2D eigenvalue weighted by Gasteiger charge is -2.22. The van der Waals surface area contributed by atoms with Crippen LogP contribution >= 0.6 is 11.6 Å². The molecule has 0 aliphatic rings. The Labute approximate surface area is 89.5 Å². The molecule has 0 saturated carbocycles. The van der Waals surface area contributed by atoms with Gasteiger partial charge in [-0.15, -0.1) is 0 Å². The molecule has 78 valence electrons. The number of benzene rings is 1. The number of aliphatic hydroxyl groups excluding tert-OH is 1. The number of aliphatic hydroxyl groups is 1. The quantitative estimate of drug-likeness (QED) is 0.820. The molecule has 0 spiro atoms. The highest BCUT2D eigenvalue weighted by molar-refractivity contribution is 6.32. The van der Waals surface area contributed by atoms with E-state index in [0.717, 1.165) is 0 Å². The van der Waals surface area contributed by atoms with E-state index in [4.69, 9.17) is 21.4 Å². The zero-order valence-corrected chi connectivity index (χ0v) is 9.43. The van der Waals surface area contributed by atoms with Gasteiger partial charge in [-0.1, -0.05) is 23.7 Å². The average Bonchev–Trinajstić information content (AvgIpc) is 2.06. The second kappa shape index (κ2) is 4.20. The molecule has 0 saturated heterocycles. The van der Waals surface area contributed by atoms with Crippen LogP contribution in [0, 0.1) is 0 Å². The molecule has 0 aliphatic carbocycles. The van der Waals surface area contributed by atoms with E-state index in [-0.39, 0.29) is 12.2 Å². The van der Waals surface area contributed by atoms with Crippen LogP contribution in [-0.2, 0) is 6.61 Å². The summed E-state index contributed by atoms with van der Waals surface area (Å²) in [5, 5.41) is 9.49. The second-order valence-corrected chi connectivity index (χ2v) is 4.48. The molecule has 1 N–H and O–H groups in total. The highest BCUT2D eigenvalue weighted by Gasteiger charge is 2.15. The van der Waals surface area contributed by atoms with Crippen molar-refractivity contribution in [1.29, 1.82) is 0 Å². The molecular formula is C11H15ClO2. The van der Waals surface area contributed by atoms with Gasteiger partial charge >= 0.3 is 0 Å². The second-order valence-electron chi connectivity index (χ2n) is 4.10. The highest BCUT2D eigenvalue weighted by Crippen LogP contribution is 2.30. The van der Waals surface area contributed by atoms with Gasteiger partial charge in [-0.3, -0.25) is 0 Å². The van der Waals surface area contributed by atoms with Crippen molar-refractivity contribution >= 4 is 11.6 Å². The predicted octanol–water partition coefficient (Wildman–Crippen LogP) is 3.01. The molecule has 0 bridgehead atoms. The molecule has 14 heavy (non-hydrogen) atoms. The van der Waals surface area contributed by atoms with Crippen LogP contribution in [0.2, 0.25) is 5.02 Å². The van der Waals surface area contributed by atoms with E-state index >= 15 is 0 Å². The Kier molecular flexibility index (Phi) is 3.40. The van der Waals surface area contributed by atoms with Crippen LogP contribution in [0.25, 0.3) is 0 Å². The monoisotopic (exact) mass is 214 g/mol. The molecule has 1 rings (SSSR count). The Morgan fingerprint density at radius 3 is 2.50 bits per heavy atom. The zero-order chi connectivity index (χ0) is 10.8. The van der Waals surface area contributed by atoms with Gasteiger partial charge in [0.2, 0.25) is 0 Å². The third kappa shape index (κ3) is 2.89. The summed E-state index contributed by atoms with van der Waals surface area (Å²) < 4.78 is 5.63. The molecule has 0 heterocycles.